The van der Waals surface area contributed by atoms with E-state index >= 15 is 0 Å². The Hall–Kier alpha value is -3.95. The molecule has 0 saturated carbocycles. The van der Waals surface area contributed by atoms with E-state index in [4.69, 9.17) is 18.9 Å². The first-order valence-electron chi connectivity index (χ1n) is 9.86. The average Bonchev–Trinajstić information content (AvgIpc) is 2.81. The summed E-state index contributed by atoms with van der Waals surface area (Å²) < 4.78 is 21.1. The molecule has 2 aromatic rings. The number of methoxy groups -OCH3 is 2. The highest BCUT2D eigenvalue weighted by Gasteiger charge is 2.16. The van der Waals surface area contributed by atoms with Crippen LogP contribution in [0.5, 0.6) is 23.0 Å². The normalized spacial score (nSPS) is 11.0. The minimum atomic E-state index is -0.866. The van der Waals surface area contributed by atoms with Gasteiger partial charge in [0.25, 0.3) is 17.7 Å². The van der Waals surface area contributed by atoms with Gasteiger partial charge in [0.15, 0.2) is 17.6 Å². The Morgan fingerprint density at radius 3 is 2.19 bits per heavy atom. The lowest BCUT2D eigenvalue weighted by Crippen LogP contribution is -2.50. The second-order valence-corrected chi connectivity index (χ2v) is 6.45. The number of hydrogen-bond acceptors (Lipinski definition) is 7. The molecular weight excluding hydrogens is 418 g/mol. The number of benzene rings is 2. The number of carbonyl (C=O) groups excluding carboxylic acids is 3. The van der Waals surface area contributed by atoms with Crippen molar-refractivity contribution in [3.63, 3.8) is 0 Å². The highest BCUT2D eigenvalue weighted by atomic mass is 16.5. The molecule has 0 aliphatic heterocycles. The minimum Gasteiger partial charge on any atom is -0.494 e. The number of nitrogens with one attached hydrogen (secondary N) is 3. The molecule has 0 heterocycles. The van der Waals surface area contributed by atoms with Crippen LogP contribution in [0, 0.1) is 0 Å². The van der Waals surface area contributed by atoms with Gasteiger partial charge in [-0.25, -0.2) is 0 Å². The van der Waals surface area contributed by atoms with Gasteiger partial charge in [0.05, 0.1) is 27.4 Å². The van der Waals surface area contributed by atoms with Gasteiger partial charge in [-0.05, 0) is 56.3 Å². The topological polar surface area (TPSA) is 124 Å². The van der Waals surface area contributed by atoms with Crippen LogP contribution >= 0.6 is 0 Å². The fourth-order valence-electron chi connectivity index (χ4n) is 2.56. The molecule has 172 valence electrons. The summed E-state index contributed by atoms with van der Waals surface area (Å²) in [4.78, 5) is 36.3. The highest BCUT2D eigenvalue weighted by molar-refractivity contribution is 5.97. The number of hydrazine groups is 1. The summed E-state index contributed by atoms with van der Waals surface area (Å²) in [6.45, 7) is 3.62. The number of carbonyl (C=O) groups is 3. The molecule has 0 aliphatic rings. The fraction of sp³-hybridized carbons (Fsp3) is 0.318. The van der Waals surface area contributed by atoms with Crippen molar-refractivity contribution in [2.75, 3.05) is 27.4 Å². The van der Waals surface area contributed by atoms with Crippen molar-refractivity contribution in [3.05, 3.63) is 48.0 Å². The molecule has 0 aliphatic carbocycles. The van der Waals surface area contributed by atoms with Crippen LogP contribution in [0.3, 0.4) is 0 Å². The summed E-state index contributed by atoms with van der Waals surface area (Å²) in [5, 5.41) is 2.45. The zero-order valence-corrected chi connectivity index (χ0v) is 18.4. The first-order chi connectivity index (χ1) is 15.4. The predicted molar refractivity (Wildman–Crippen MR) is 116 cm³/mol. The third kappa shape index (κ3) is 7.08. The van der Waals surface area contributed by atoms with Crippen LogP contribution in [0.15, 0.2) is 42.5 Å². The van der Waals surface area contributed by atoms with Gasteiger partial charge in [0.2, 0.25) is 0 Å². The molecule has 0 aromatic heterocycles. The maximum absolute atomic E-state index is 12.2. The van der Waals surface area contributed by atoms with Crippen molar-refractivity contribution in [2.45, 2.75) is 20.0 Å². The van der Waals surface area contributed by atoms with Gasteiger partial charge < -0.3 is 24.3 Å². The maximum atomic E-state index is 12.2. The smallest absolute Gasteiger partial charge is 0.279 e. The summed E-state index contributed by atoms with van der Waals surface area (Å²) >= 11 is 0. The Balaban J connectivity index is 1.77. The number of ether oxygens (including phenoxy) is 4. The van der Waals surface area contributed by atoms with Crippen LogP contribution in [0.1, 0.15) is 24.2 Å². The van der Waals surface area contributed by atoms with Crippen molar-refractivity contribution in [2.24, 2.45) is 0 Å². The summed E-state index contributed by atoms with van der Waals surface area (Å²) in [7, 11) is 2.94. The third-order valence-electron chi connectivity index (χ3n) is 4.20. The molecule has 0 unspecified atom stereocenters. The zero-order valence-electron chi connectivity index (χ0n) is 18.4. The molecule has 0 saturated heterocycles. The van der Waals surface area contributed by atoms with Gasteiger partial charge in [-0.1, -0.05) is 0 Å². The van der Waals surface area contributed by atoms with Crippen LogP contribution in [-0.2, 0) is 9.59 Å². The van der Waals surface area contributed by atoms with Crippen LogP contribution in [-0.4, -0.2) is 51.2 Å². The summed E-state index contributed by atoms with van der Waals surface area (Å²) in [6.07, 6.45) is -0.866. The molecule has 0 radical (unpaired) electrons. The van der Waals surface area contributed by atoms with Crippen LogP contribution in [0.25, 0.3) is 0 Å². The molecule has 2 aromatic carbocycles. The summed E-state index contributed by atoms with van der Waals surface area (Å²) in [6, 6.07) is 11.4. The fourth-order valence-corrected chi connectivity index (χ4v) is 2.56. The lowest BCUT2D eigenvalue weighted by atomic mass is 10.2. The monoisotopic (exact) mass is 445 g/mol. The Morgan fingerprint density at radius 2 is 1.56 bits per heavy atom. The Kier molecular flexibility index (Phi) is 9.15. The van der Waals surface area contributed by atoms with Gasteiger partial charge in [-0.15, -0.1) is 0 Å². The lowest BCUT2D eigenvalue weighted by molar-refractivity contribution is -0.132. The van der Waals surface area contributed by atoms with Gasteiger partial charge >= 0.3 is 0 Å². The Morgan fingerprint density at radius 1 is 0.906 bits per heavy atom. The van der Waals surface area contributed by atoms with Gasteiger partial charge in [-0.3, -0.25) is 25.2 Å². The van der Waals surface area contributed by atoms with E-state index in [0.29, 0.717) is 29.6 Å². The van der Waals surface area contributed by atoms with Crippen molar-refractivity contribution in [1.29, 1.82) is 0 Å². The molecule has 32 heavy (non-hydrogen) atoms. The lowest BCUT2D eigenvalue weighted by Gasteiger charge is -2.15. The third-order valence-corrected chi connectivity index (χ3v) is 4.20. The Labute approximate surface area is 186 Å². The molecule has 3 amide bonds. The highest BCUT2D eigenvalue weighted by Crippen LogP contribution is 2.27. The first-order valence-corrected chi connectivity index (χ1v) is 9.86. The SMILES string of the molecule is CCOc1ccc(O[C@H](C)C(=O)NNC(=O)CNC(=O)c2ccc(OC)c(OC)c2)cc1. The summed E-state index contributed by atoms with van der Waals surface area (Å²) in [5.41, 5.74) is 4.77. The molecule has 3 N–H and O–H groups in total. The maximum Gasteiger partial charge on any atom is 0.279 e. The molecule has 1 atom stereocenters. The van der Waals surface area contributed by atoms with Gasteiger partial charge in [0.1, 0.15) is 11.5 Å². The predicted octanol–water partition coefficient (Wildman–Crippen LogP) is 1.45. The molecule has 0 spiro atoms. The van der Waals surface area contributed by atoms with Crippen LogP contribution in [0.2, 0.25) is 0 Å². The van der Waals surface area contributed by atoms with Crippen molar-refractivity contribution in [1.82, 2.24) is 16.2 Å². The quantitative estimate of drug-likeness (QED) is 0.473. The largest absolute Gasteiger partial charge is 0.494 e. The average molecular weight is 445 g/mol. The van der Waals surface area contributed by atoms with E-state index in [1.165, 1.54) is 33.3 Å². The number of hydrogen-bond donors (Lipinski definition) is 3. The van der Waals surface area contributed by atoms with E-state index < -0.39 is 23.8 Å². The molecule has 10 heteroatoms. The minimum absolute atomic E-state index is 0.289. The van der Waals surface area contributed by atoms with E-state index in [2.05, 4.69) is 16.2 Å². The second-order valence-electron chi connectivity index (χ2n) is 6.45. The molecular formula is C22H27N3O7. The molecule has 0 bridgehead atoms. The zero-order chi connectivity index (χ0) is 23.5. The molecule has 2 rings (SSSR count). The number of rotatable bonds is 10. The van der Waals surface area contributed by atoms with E-state index in [0.717, 1.165) is 0 Å². The standard InChI is InChI=1S/C22H27N3O7/c1-5-31-16-7-9-17(10-8-16)32-14(2)21(27)25-24-20(26)13-23-22(28)15-6-11-18(29-3)19(12-15)30-4/h6-12,14H,5,13H2,1-4H3,(H,23,28)(H,24,26)(H,25,27)/t14-/m1/s1. The second kappa shape index (κ2) is 12.0. The van der Waals surface area contributed by atoms with E-state index in [-0.39, 0.29) is 12.1 Å². The van der Waals surface area contributed by atoms with E-state index in [9.17, 15) is 14.4 Å². The molecule has 0 fully saturated rings. The number of amides is 3. The van der Waals surface area contributed by atoms with Gasteiger partial charge in [0, 0.05) is 5.56 Å². The van der Waals surface area contributed by atoms with Gasteiger partial charge in [-0.2, -0.15) is 0 Å². The van der Waals surface area contributed by atoms with Crippen molar-refractivity contribution >= 4 is 17.7 Å². The Bertz CT molecular complexity index is 932. The van der Waals surface area contributed by atoms with Crippen molar-refractivity contribution in [3.8, 4) is 23.0 Å². The van der Waals surface area contributed by atoms with E-state index in [1.807, 2.05) is 6.92 Å². The summed E-state index contributed by atoms with van der Waals surface area (Å²) in [5.74, 6) is 0.381. The van der Waals surface area contributed by atoms with Crippen LogP contribution < -0.4 is 35.1 Å². The van der Waals surface area contributed by atoms with Crippen LogP contribution in [0.4, 0.5) is 0 Å². The van der Waals surface area contributed by atoms with E-state index in [1.54, 1.807) is 30.3 Å². The first kappa shape index (κ1) is 24.3. The van der Waals surface area contributed by atoms with Crippen molar-refractivity contribution < 1.29 is 33.3 Å². The molecule has 10 nitrogen and oxygen atoms in total.